The highest BCUT2D eigenvalue weighted by Gasteiger charge is 2.34. The lowest BCUT2D eigenvalue weighted by atomic mass is 9.99. The molecule has 3 saturated heterocycles. The number of ether oxygens (including phenoxy) is 1. The van der Waals surface area contributed by atoms with E-state index >= 15 is 4.39 Å². The van der Waals surface area contributed by atoms with Crippen LogP contribution >= 0.6 is 0 Å². The molecule has 0 saturated carbocycles. The van der Waals surface area contributed by atoms with Crippen LogP contribution in [0.2, 0.25) is 0 Å². The van der Waals surface area contributed by atoms with Gasteiger partial charge in [-0.05, 0) is 57.0 Å². The zero-order valence-electron chi connectivity index (χ0n) is 22.0. The van der Waals surface area contributed by atoms with E-state index in [1.165, 1.54) is 0 Å². The Balaban J connectivity index is 1.35. The van der Waals surface area contributed by atoms with Crippen LogP contribution in [0, 0.1) is 12.7 Å². The second-order valence-corrected chi connectivity index (χ2v) is 11.2. The second kappa shape index (κ2) is 9.43. The van der Waals surface area contributed by atoms with E-state index in [1.807, 2.05) is 25.1 Å². The summed E-state index contributed by atoms with van der Waals surface area (Å²) in [5.74, 6) is 0.288. The highest BCUT2D eigenvalue weighted by atomic mass is 19.1. The first-order valence-electron chi connectivity index (χ1n) is 13.7. The van der Waals surface area contributed by atoms with Crippen molar-refractivity contribution in [2.24, 2.45) is 0 Å². The summed E-state index contributed by atoms with van der Waals surface area (Å²) in [5.41, 5.74) is 2.46. The number of fused-ring (bicyclic) bond motifs is 4. The lowest BCUT2D eigenvalue weighted by Gasteiger charge is -2.34. The zero-order valence-corrected chi connectivity index (χ0v) is 22.0. The molecule has 3 atom stereocenters. The largest absolute Gasteiger partial charge is 0.462 e. The number of likely N-dealkylation sites (N-methyl/N-ethyl adjacent to an activating group) is 1. The van der Waals surface area contributed by atoms with Crippen LogP contribution in [0.3, 0.4) is 0 Å². The van der Waals surface area contributed by atoms with Crippen molar-refractivity contribution in [3.8, 4) is 17.3 Å². The van der Waals surface area contributed by atoms with Crippen LogP contribution in [0.25, 0.3) is 32.9 Å². The molecule has 8 heteroatoms. The van der Waals surface area contributed by atoms with Gasteiger partial charge in [0.25, 0.3) is 0 Å². The Hall–Kier alpha value is -3.36. The number of hydrogen-bond donors (Lipinski definition) is 1. The minimum atomic E-state index is -0.430. The molecular weight excluding hydrogens is 479 g/mol. The smallest absolute Gasteiger partial charge is 0.319 e. The topological polar surface area (TPSA) is 66.4 Å². The van der Waals surface area contributed by atoms with E-state index in [4.69, 9.17) is 9.72 Å². The van der Waals surface area contributed by atoms with Crippen molar-refractivity contribution in [2.75, 3.05) is 38.2 Å². The van der Waals surface area contributed by atoms with Crippen molar-refractivity contribution >= 4 is 27.5 Å². The minimum absolute atomic E-state index is 0.239. The Bertz CT molecular complexity index is 1510. The van der Waals surface area contributed by atoms with Gasteiger partial charge in [-0.15, -0.1) is 0 Å². The fourth-order valence-corrected chi connectivity index (χ4v) is 6.44. The number of aryl methyl sites for hydroxylation is 1. The molecule has 0 aliphatic carbocycles. The number of anilines is 1. The summed E-state index contributed by atoms with van der Waals surface area (Å²) >= 11 is 0. The Morgan fingerprint density at radius 2 is 1.89 bits per heavy atom. The Kier molecular flexibility index (Phi) is 5.89. The first kappa shape index (κ1) is 23.7. The molecule has 38 heavy (non-hydrogen) atoms. The molecule has 0 spiro atoms. The fourth-order valence-electron chi connectivity index (χ4n) is 6.44. The maximum Gasteiger partial charge on any atom is 0.319 e. The second-order valence-electron chi connectivity index (χ2n) is 11.2. The fraction of sp³-hybridized carbons (Fsp3) is 0.433. The van der Waals surface area contributed by atoms with Crippen LogP contribution in [-0.4, -0.2) is 71.3 Å². The van der Waals surface area contributed by atoms with E-state index in [9.17, 15) is 0 Å². The van der Waals surface area contributed by atoms with E-state index in [1.54, 1.807) is 6.20 Å². The number of benzene rings is 2. The van der Waals surface area contributed by atoms with Crippen molar-refractivity contribution < 1.29 is 9.13 Å². The van der Waals surface area contributed by atoms with Crippen LogP contribution in [0.1, 0.15) is 31.2 Å². The van der Waals surface area contributed by atoms with Gasteiger partial charge in [-0.25, -0.2) is 4.39 Å². The summed E-state index contributed by atoms with van der Waals surface area (Å²) in [6, 6.07) is 13.6. The van der Waals surface area contributed by atoms with Crippen molar-refractivity contribution in [2.45, 2.75) is 50.7 Å². The number of likely N-dealkylation sites (tertiary alicyclic amines) is 1. The Morgan fingerprint density at radius 3 is 2.68 bits per heavy atom. The minimum Gasteiger partial charge on any atom is -0.462 e. The molecule has 3 fully saturated rings. The van der Waals surface area contributed by atoms with Gasteiger partial charge in [0.05, 0.1) is 5.39 Å². The molecular formula is C30H33FN6O. The summed E-state index contributed by atoms with van der Waals surface area (Å²) < 4.78 is 22.6. The van der Waals surface area contributed by atoms with Crippen LogP contribution < -0.4 is 15.0 Å². The lowest BCUT2D eigenvalue weighted by Crippen LogP contribution is -2.51. The molecule has 5 heterocycles. The molecule has 3 aliphatic heterocycles. The average molecular weight is 513 g/mol. The summed E-state index contributed by atoms with van der Waals surface area (Å²) in [5, 5.41) is 6.34. The highest BCUT2D eigenvalue weighted by molar-refractivity contribution is 5.99. The molecule has 2 bridgehead atoms. The number of hydrogen-bond acceptors (Lipinski definition) is 7. The quantitative estimate of drug-likeness (QED) is 0.416. The van der Waals surface area contributed by atoms with Gasteiger partial charge in [-0.3, -0.25) is 4.98 Å². The monoisotopic (exact) mass is 512 g/mol. The number of pyridine rings is 1. The molecule has 4 aromatic rings. The molecule has 1 N–H and O–H groups in total. The van der Waals surface area contributed by atoms with Crippen LogP contribution in [0.4, 0.5) is 10.2 Å². The summed E-state index contributed by atoms with van der Waals surface area (Å²) in [7, 11) is 2.12. The Morgan fingerprint density at radius 1 is 1.05 bits per heavy atom. The van der Waals surface area contributed by atoms with Gasteiger partial charge in [0.1, 0.15) is 23.6 Å². The number of piperazine rings is 1. The van der Waals surface area contributed by atoms with E-state index in [0.29, 0.717) is 35.8 Å². The van der Waals surface area contributed by atoms with Gasteiger partial charge in [0, 0.05) is 43.0 Å². The summed E-state index contributed by atoms with van der Waals surface area (Å²) in [4.78, 5) is 18.7. The average Bonchev–Trinajstić information content (AvgIpc) is 3.50. The van der Waals surface area contributed by atoms with E-state index in [-0.39, 0.29) is 11.5 Å². The first-order chi connectivity index (χ1) is 18.5. The van der Waals surface area contributed by atoms with Gasteiger partial charge in [0.15, 0.2) is 5.82 Å². The molecule has 7 nitrogen and oxygen atoms in total. The maximum absolute atomic E-state index is 16.4. The molecule has 2 unspecified atom stereocenters. The molecule has 7 rings (SSSR count). The highest BCUT2D eigenvalue weighted by Crippen LogP contribution is 2.36. The number of aromatic nitrogens is 3. The van der Waals surface area contributed by atoms with Gasteiger partial charge < -0.3 is 19.9 Å². The lowest BCUT2D eigenvalue weighted by molar-refractivity contribution is 0.188. The predicted molar refractivity (Wildman–Crippen MR) is 148 cm³/mol. The number of nitrogens with one attached hydrogen (secondary N) is 1. The molecule has 0 radical (unpaired) electrons. The molecule has 2 aromatic carbocycles. The van der Waals surface area contributed by atoms with Gasteiger partial charge in [-0.1, -0.05) is 42.0 Å². The first-order valence-corrected chi connectivity index (χ1v) is 13.7. The van der Waals surface area contributed by atoms with Gasteiger partial charge >= 0.3 is 6.01 Å². The van der Waals surface area contributed by atoms with Gasteiger partial charge in [0.2, 0.25) is 0 Å². The summed E-state index contributed by atoms with van der Waals surface area (Å²) in [6.45, 7) is 5.27. The van der Waals surface area contributed by atoms with Crippen LogP contribution in [0.5, 0.6) is 6.01 Å². The standard InChI is InChI=1S/C30H33FN6O/c1-18-8-9-19-5-3-7-23(24(19)13-18)27-26(31)28-25(14-32-27)29(37-15-20-10-11-21(16-37)33-20)35-30(34-28)38-17-22-6-4-12-36(22)2/h3,5,7-9,13-14,20-22,33H,4,6,10-12,15-17H2,1-2H3/t20?,21?,22-/m0/s1. The van der Waals surface area contributed by atoms with E-state index < -0.39 is 5.82 Å². The third-order valence-corrected chi connectivity index (χ3v) is 8.53. The van der Waals surface area contributed by atoms with E-state index in [0.717, 1.165) is 73.0 Å². The van der Waals surface area contributed by atoms with E-state index in [2.05, 4.69) is 50.3 Å². The molecule has 2 aromatic heterocycles. The number of halogens is 1. The molecule has 0 amide bonds. The van der Waals surface area contributed by atoms with Gasteiger partial charge in [-0.2, -0.15) is 9.97 Å². The number of nitrogens with zero attached hydrogens (tertiary/aromatic N) is 5. The maximum atomic E-state index is 16.4. The third-order valence-electron chi connectivity index (χ3n) is 8.53. The van der Waals surface area contributed by atoms with Crippen molar-refractivity contribution in [1.29, 1.82) is 0 Å². The van der Waals surface area contributed by atoms with Crippen LogP contribution in [0.15, 0.2) is 42.6 Å². The molecule has 3 aliphatic rings. The van der Waals surface area contributed by atoms with Crippen molar-refractivity contribution in [3.05, 3.63) is 54.0 Å². The predicted octanol–water partition coefficient (Wildman–Crippen LogP) is 4.71. The normalized spacial score (nSPS) is 23.6. The Labute approximate surface area is 222 Å². The summed E-state index contributed by atoms with van der Waals surface area (Å²) in [6.07, 6.45) is 6.29. The van der Waals surface area contributed by atoms with Crippen molar-refractivity contribution in [1.82, 2.24) is 25.2 Å². The van der Waals surface area contributed by atoms with Crippen molar-refractivity contribution in [3.63, 3.8) is 0 Å². The SMILES string of the molecule is Cc1ccc2cccc(-c3ncc4c(N5CC6CCC(C5)N6)nc(OC[C@@H]5CCCN5C)nc4c3F)c2c1. The third kappa shape index (κ3) is 4.16. The number of rotatable bonds is 5. The zero-order chi connectivity index (χ0) is 25.8. The van der Waals surface area contributed by atoms with Crippen LogP contribution in [-0.2, 0) is 0 Å². The molecule has 196 valence electrons.